The van der Waals surface area contributed by atoms with Gasteiger partial charge in [-0.25, -0.2) is 14.4 Å². The molecule has 6 heterocycles. The Hall–Kier alpha value is -4.28. The first-order chi connectivity index (χ1) is 22.2. The highest BCUT2D eigenvalue weighted by Gasteiger charge is 2.36. The average Bonchev–Trinajstić information content (AvgIpc) is 3.63. The van der Waals surface area contributed by atoms with Crippen LogP contribution in [-0.2, 0) is 30.4 Å². The Bertz CT molecular complexity index is 1850. The molecule has 5 aromatic rings. The highest BCUT2D eigenvalue weighted by molar-refractivity contribution is 6.30. The van der Waals surface area contributed by atoms with E-state index in [1.54, 1.807) is 30.5 Å². The molecule has 2 aliphatic heterocycles. The number of aromatic amines is 1. The van der Waals surface area contributed by atoms with Gasteiger partial charge in [0.25, 0.3) is 0 Å². The van der Waals surface area contributed by atoms with Crippen LogP contribution in [0.3, 0.4) is 0 Å². The number of aromatic nitrogens is 9. The molecule has 1 atom stereocenters. The van der Waals surface area contributed by atoms with Gasteiger partial charge in [-0.05, 0) is 43.0 Å². The molecular formula is C29H27ClF4N10O2. The second-order valence-electron chi connectivity index (χ2n) is 11.2. The summed E-state index contributed by atoms with van der Waals surface area (Å²) in [6.07, 6.45) is -0.491. The maximum absolute atomic E-state index is 14.3. The van der Waals surface area contributed by atoms with Gasteiger partial charge in [0.2, 0.25) is 11.7 Å². The van der Waals surface area contributed by atoms with Crippen molar-refractivity contribution in [3.05, 3.63) is 70.4 Å². The summed E-state index contributed by atoms with van der Waals surface area (Å²) in [7, 11) is 0. The van der Waals surface area contributed by atoms with Crippen molar-refractivity contribution in [2.75, 3.05) is 19.7 Å². The van der Waals surface area contributed by atoms with Crippen LogP contribution >= 0.6 is 11.6 Å². The van der Waals surface area contributed by atoms with Crippen LogP contribution < -0.4 is 4.74 Å². The van der Waals surface area contributed by atoms with Crippen LogP contribution in [0.4, 0.5) is 17.6 Å². The quantitative estimate of drug-likeness (QED) is 0.224. The van der Waals surface area contributed by atoms with Gasteiger partial charge in [-0.3, -0.25) is 4.90 Å². The van der Waals surface area contributed by atoms with E-state index in [1.165, 1.54) is 6.07 Å². The van der Waals surface area contributed by atoms with Crippen LogP contribution in [0.5, 0.6) is 5.88 Å². The lowest BCUT2D eigenvalue weighted by molar-refractivity contribution is -0.144. The number of halogens is 5. The van der Waals surface area contributed by atoms with Gasteiger partial charge in [0.15, 0.2) is 11.5 Å². The number of benzene rings is 1. The second kappa shape index (κ2) is 12.5. The summed E-state index contributed by atoms with van der Waals surface area (Å²) in [5.74, 6) is -0.136. The number of nitrogens with zero attached hydrogens (tertiary/aromatic N) is 9. The first-order valence-electron chi connectivity index (χ1n) is 14.7. The van der Waals surface area contributed by atoms with E-state index in [-0.39, 0.29) is 30.1 Å². The fraction of sp³-hybridized carbons (Fsp3) is 0.414. The molecule has 7 rings (SSSR count). The fourth-order valence-corrected chi connectivity index (χ4v) is 5.62. The van der Waals surface area contributed by atoms with Crippen molar-refractivity contribution in [3.8, 4) is 17.4 Å². The predicted molar refractivity (Wildman–Crippen MR) is 155 cm³/mol. The van der Waals surface area contributed by atoms with E-state index in [9.17, 15) is 17.6 Å². The second-order valence-corrected chi connectivity index (χ2v) is 11.6. The minimum Gasteiger partial charge on any atom is -0.474 e. The topological polar surface area (TPSA) is 133 Å². The van der Waals surface area contributed by atoms with E-state index in [0.29, 0.717) is 53.2 Å². The summed E-state index contributed by atoms with van der Waals surface area (Å²) in [6, 6.07) is 7.76. The van der Waals surface area contributed by atoms with E-state index < -0.39 is 17.8 Å². The lowest BCUT2D eigenvalue weighted by Crippen LogP contribution is -2.39. The summed E-state index contributed by atoms with van der Waals surface area (Å²) < 4.78 is 67.1. The van der Waals surface area contributed by atoms with E-state index in [2.05, 4.69) is 40.2 Å². The third-order valence-corrected chi connectivity index (χ3v) is 8.22. The number of H-pyrrole nitrogens is 1. The molecule has 240 valence electrons. The molecular weight excluding hydrogens is 632 g/mol. The van der Waals surface area contributed by atoms with Crippen molar-refractivity contribution in [3.63, 3.8) is 0 Å². The average molecular weight is 659 g/mol. The SMILES string of the molecule is Fc1cc(Cl)ccc1Cc1nccc(OC2CCN(Cc3nc4cc(-c5nnc(C(F)(F)F)[nH]5)nnc4n3CC3CCO3)CC2)n1. The molecule has 0 aliphatic carbocycles. The summed E-state index contributed by atoms with van der Waals surface area (Å²) in [4.78, 5) is 18.0. The molecule has 46 heavy (non-hydrogen) atoms. The normalized spacial score (nSPS) is 17.8. The standard InChI is InChI=1S/C29H27ClF4N10O2/c30-17-2-1-16(20(31)12-17)11-23-35-7-3-25(37-23)46-18-4-8-43(9-5-18)15-24-36-22-13-21(26-38-28(42-40-26)29(32,33)34)39-41-27(22)44(24)14-19-6-10-45-19/h1-3,7,12-13,18-19H,4-6,8-11,14-15H2,(H,38,40,42). The van der Waals surface area contributed by atoms with E-state index >= 15 is 0 Å². The molecule has 0 radical (unpaired) electrons. The maximum atomic E-state index is 14.3. The van der Waals surface area contributed by atoms with E-state index in [1.807, 2.05) is 4.57 Å². The van der Waals surface area contributed by atoms with Gasteiger partial charge >= 0.3 is 6.18 Å². The number of hydrogen-bond donors (Lipinski definition) is 1. The zero-order valence-electron chi connectivity index (χ0n) is 24.2. The van der Waals surface area contributed by atoms with Crippen molar-refractivity contribution in [2.24, 2.45) is 0 Å². The van der Waals surface area contributed by atoms with Crippen LogP contribution in [0.15, 0.2) is 36.5 Å². The predicted octanol–water partition coefficient (Wildman–Crippen LogP) is 4.64. The molecule has 0 bridgehead atoms. The highest BCUT2D eigenvalue weighted by Crippen LogP contribution is 2.28. The monoisotopic (exact) mass is 658 g/mol. The maximum Gasteiger partial charge on any atom is 0.451 e. The van der Waals surface area contributed by atoms with Crippen molar-refractivity contribution < 1.29 is 27.0 Å². The van der Waals surface area contributed by atoms with Gasteiger partial charge in [0, 0.05) is 43.4 Å². The van der Waals surface area contributed by atoms with Crippen LogP contribution in [0, 0.1) is 5.82 Å². The molecule has 12 nitrogen and oxygen atoms in total. The Morgan fingerprint density at radius 1 is 1.02 bits per heavy atom. The molecule has 2 saturated heterocycles. The smallest absolute Gasteiger partial charge is 0.451 e. The summed E-state index contributed by atoms with van der Waals surface area (Å²) >= 11 is 5.86. The minimum atomic E-state index is -4.66. The third kappa shape index (κ3) is 6.64. The number of piperidine rings is 1. The summed E-state index contributed by atoms with van der Waals surface area (Å²) in [5, 5.41) is 15.5. The Morgan fingerprint density at radius 3 is 2.57 bits per heavy atom. The Labute approximate surface area is 264 Å². The summed E-state index contributed by atoms with van der Waals surface area (Å²) in [5.41, 5.74) is 1.55. The molecule has 1 N–H and O–H groups in total. The van der Waals surface area contributed by atoms with Gasteiger partial charge in [0.1, 0.15) is 34.8 Å². The van der Waals surface area contributed by atoms with Crippen LogP contribution in [0.25, 0.3) is 22.7 Å². The molecule has 17 heteroatoms. The number of imidazole rings is 1. The highest BCUT2D eigenvalue weighted by atomic mass is 35.5. The van der Waals surface area contributed by atoms with Crippen molar-refractivity contribution >= 4 is 22.8 Å². The summed E-state index contributed by atoms with van der Waals surface area (Å²) in [6.45, 7) is 3.22. The Balaban J connectivity index is 1.02. The molecule has 2 fully saturated rings. The van der Waals surface area contributed by atoms with Crippen molar-refractivity contribution in [1.82, 2.24) is 49.8 Å². The van der Waals surface area contributed by atoms with Gasteiger partial charge < -0.3 is 19.0 Å². The first-order valence-corrected chi connectivity index (χ1v) is 15.1. The number of alkyl halides is 3. The zero-order valence-corrected chi connectivity index (χ0v) is 25.0. The number of ether oxygens (including phenoxy) is 2. The van der Waals surface area contributed by atoms with Crippen molar-refractivity contribution in [1.29, 1.82) is 0 Å². The Kier molecular flexibility index (Phi) is 8.25. The van der Waals surface area contributed by atoms with Gasteiger partial charge in [-0.2, -0.15) is 18.2 Å². The van der Waals surface area contributed by atoms with Crippen molar-refractivity contribution in [2.45, 2.75) is 57.2 Å². The minimum absolute atomic E-state index is 0.0225. The van der Waals surface area contributed by atoms with Crippen LogP contribution in [-0.4, -0.2) is 81.7 Å². The van der Waals surface area contributed by atoms with Gasteiger partial charge in [0.05, 0.1) is 19.2 Å². The lowest BCUT2D eigenvalue weighted by atomic mass is 10.1. The molecule has 0 spiro atoms. The number of fused-ring (bicyclic) bond motifs is 1. The van der Waals surface area contributed by atoms with Crippen LogP contribution in [0.1, 0.15) is 42.3 Å². The fourth-order valence-electron chi connectivity index (χ4n) is 5.46. The molecule has 1 aromatic carbocycles. The van der Waals surface area contributed by atoms with Crippen LogP contribution in [0.2, 0.25) is 5.02 Å². The number of nitrogens with one attached hydrogen (secondary N) is 1. The largest absolute Gasteiger partial charge is 0.474 e. The van der Waals surface area contributed by atoms with Gasteiger partial charge in [-0.1, -0.05) is 17.7 Å². The number of rotatable bonds is 9. The molecule has 4 aromatic heterocycles. The number of likely N-dealkylation sites (tertiary alicyclic amines) is 1. The molecule has 0 amide bonds. The van der Waals surface area contributed by atoms with E-state index in [0.717, 1.165) is 38.2 Å². The van der Waals surface area contributed by atoms with Gasteiger partial charge in [-0.15, -0.1) is 20.4 Å². The Morgan fingerprint density at radius 2 is 1.85 bits per heavy atom. The zero-order chi connectivity index (χ0) is 31.8. The van der Waals surface area contributed by atoms with E-state index in [4.69, 9.17) is 26.1 Å². The molecule has 2 aliphatic rings. The third-order valence-electron chi connectivity index (χ3n) is 7.98. The first kappa shape index (κ1) is 30.4. The molecule has 1 unspecified atom stereocenters. The number of hydrogen-bond acceptors (Lipinski definition) is 10. The molecule has 0 saturated carbocycles. The lowest BCUT2D eigenvalue weighted by Gasteiger charge is -2.32.